The van der Waals surface area contributed by atoms with Crippen LogP contribution >= 0.6 is 0 Å². The van der Waals surface area contributed by atoms with Crippen LogP contribution in [0, 0.1) is 17.3 Å². The Bertz CT molecular complexity index is 718. The Hall–Kier alpha value is -1.58. The lowest BCUT2D eigenvalue weighted by molar-refractivity contribution is -0.114. The SMILES string of the molecule is CC[C@]12CCC3=C4CCC(=O)C=C4CC[C@H]3[C@@H]1CC[C@@]2(O)CN=[N+]=[N-]. The van der Waals surface area contributed by atoms with Gasteiger partial charge < -0.3 is 5.11 Å². The maximum Gasteiger partial charge on any atom is 0.156 e. The predicted molar refractivity (Wildman–Crippen MR) is 95.7 cm³/mol. The topological polar surface area (TPSA) is 86.1 Å². The van der Waals surface area contributed by atoms with Crippen molar-refractivity contribution in [1.29, 1.82) is 0 Å². The minimum absolute atomic E-state index is 0.123. The van der Waals surface area contributed by atoms with E-state index in [0.29, 0.717) is 18.3 Å². The van der Waals surface area contributed by atoms with Gasteiger partial charge in [0, 0.05) is 16.7 Å². The lowest BCUT2D eigenvalue weighted by atomic mass is 9.53. The van der Waals surface area contributed by atoms with Crippen molar-refractivity contribution in [2.45, 2.75) is 70.3 Å². The number of rotatable bonds is 3. The Balaban J connectivity index is 1.72. The van der Waals surface area contributed by atoms with E-state index in [2.05, 4.69) is 16.9 Å². The molecule has 0 aromatic rings. The average Bonchev–Trinajstić information content (AvgIpc) is 2.93. The van der Waals surface area contributed by atoms with Crippen LogP contribution in [0.5, 0.6) is 0 Å². The Labute approximate surface area is 148 Å². The first-order chi connectivity index (χ1) is 12.0. The summed E-state index contributed by atoms with van der Waals surface area (Å²) in [6, 6.07) is 0. The van der Waals surface area contributed by atoms with Crippen molar-refractivity contribution in [2.24, 2.45) is 22.4 Å². The number of ketones is 1. The molecule has 0 unspecified atom stereocenters. The molecule has 0 spiro atoms. The standard InChI is InChI=1S/C20H27N3O2/c1-2-19-9-7-16-15-6-4-14(24)11-13(15)3-5-17(16)18(19)8-10-20(19,25)12-22-23-21/h11,17-18,25H,2-10,12H2,1H3/t17-,18+,19+,20-/m1/s1. The van der Waals surface area contributed by atoms with Crippen LogP contribution < -0.4 is 0 Å². The van der Waals surface area contributed by atoms with Gasteiger partial charge in [-0.05, 0) is 86.0 Å². The number of hydrogen-bond acceptors (Lipinski definition) is 3. The van der Waals surface area contributed by atoms with Crippen molar-refractivity contribution in [3.63, 3.8) is 0 Å². The van der Waals surface area contributed by atoms with Crippen LogP contribution in [-0.4, -0.2) is 23.0 Å². The van der Waals surface area contributed by atoms with Crippen LogP contribution in [0.2, 0.25) is 0 Å². The summed E-state index contributed by atoms with van der Waals surface area (Å²) in [5.74, 6) is 1.29. The third-order valence-corrected chi connectivity index (χ3v) is 7.76. The summed E-state index contributed by atoms with van der Waals surface area (Å²) < 4.78 is 0. The van der Waals surface area contributed by atoms with Crippen LogP contribution in [0.15, 0.2) is 27.9 Å². The van der Waals surface area contributed by atoms with E-state index in [1.807, 2.05) is 6.08 Å². The van der Waals surface area contributed by atoms with Gasteiger partial charge in [0.15, 0.2) is 5.78 Å². The molecule has 0 aliphatic heterocycles. The fourth-order valence-corrected chi connectivity index (χ4v) is 6.62. The average molecular weight is 341 g/mol. The van der Waals surface area contributed by atoms with Gasteiger partial charge in [0.05, 0.1) is 12.1 Å². The Morgan fingerprint density at radius 3 is 2.88 bits per heavy atom. The molecule has 5 heteroatoms. The molecule has 4 aliphatic carbocycles. The molecule has 2 fully saturated rings. The zero-order valence-corrected chi connectivity index (χ0v) is 15.0. The van der Waals surface area contributed by atoms with E-state index in [4.69, 9.17) is 5.53 Å². The number of fused-ring (bicyclic) bond motifs is 4. The normalized spacial score (nSPS) is 39.9. The molecule has 0 bridgehead atoms. The molecule has 0 amide bonds. The fraction of sp³-hybridized carbons (Fsp3) is 0.750. The van der Waals surface area contributed by atoms with E-state index in [0.717, 1.165) is 51.4 Å². The minimum atomic E-state index is -0.854. The number of hydrogen-bond donors (Lipinski definition) is 1. The number of aliphatic hydroxyl groups is 1. The molecule has 5 nitrogen and oxygen atoms in total. The summed E-state index contributed by atoms with van der Waals surface area (Å²) in [5.41, 5.74) is 12.1. The quantitative estimate of drug-likeness (QED) is 0.461. The lowest BCUT2D eigenvalue weighted by Gasteiger charge is -2.53. The van der Waals surface area contributed by atoms with E-state index >= 15 is 0 Å². The van der Waals surface area contributed by atoms with Gasteiger partial charge in [-0.3, -0.25) is 4.79 Å². The van der Waals surface area contributed by atoms with Crippen molar-refractivity contribution in [3.05, 3.63) is 33.2 Å². The zero-order valence-electron chi connectivity index (χ0n) is 15.0. The fourth-order valence-electron chi connectivity index (χ4n) is 6.62. The number of allylic oxidation sites excluding steroid dienone is 4. The van der Waals surface area contributed by atoms with Crippen molar-refractivity contribution in [3.8, 4) is 0 Å². The van der Waals surface area contributed by atoms with E-state index in [1.165, 1.54) is 11.1 Å². The van der Waals surface area contributed by atoms with Gasteiger partial charge in [-0.2, -0.15) is 0 Å². The number of azide groups is 1. The molecule has 4 rings (SSSR count). The number of nitrogens with zero attached hydrogens (tertiary/aromatic N) is 3. The summed E-state index contributed by atoms with van der Waals surface area (Å²) in [5, 5.41) is 15.1. The largest absolute Gasteiger partial charge is 0.389 e. The van der Waals surface area contributed by atoms with E-state index in [-0.39, 0.29) is 17.7 Å². The third-order valence-electron chi connectivity index (χ3n) is 7.76. The Kier molecular flexibility index (Phi) is 4.04. The molecule has 4 aliphatic rings. The summed E-state index contributed by atoms with van der Waals surface area (Å²) in [6.45, 7) is 2.39. The van der Waals surface area contributed by atoms with E-state index < -0.39 is 5.60 Å². The van der Waals surface area contributed by atoms with Gasteiger partial charge in [-0.15, -0.1) is 0 Å². The molecular formula is C20H27N3O2. The summed E-state index contributed by atoms with van der Waals surface area (Å²) >= 11 is 0. The van der Waals surface area contributed by atoms with Gasteiger partial charge in [0.2, 0.25) is 0 Å². The smallest absolute Gasteiger partial charge is 0.156 e. The Morgan fingerprint density at radius 2 is 2.12 bits per heavy atom. The maximum absolute atomic E-state index is 11.8. The second kappa shape index (κ2) is 6.00. The van der Waals surface area contributed by atoms with Crippen LogP contribution in [0.4, 0.5) is 0 Å². The van der Waals surface area contributed by atoms with Crippen LogP contribution in [-0.2, 0) is 4.79 Å². The Morgan fingerprint density at radius 1 is 1.28 bits per heavy atom. The molecule has 2 saturated carbocycles. The zero-order chi connectivity index (χ0) is 17.7. The highest BCUT2D eigenvalue weighted by atomic mass is 16.3. The first-order valence-corrected chi connectivity index (χ1v) is 9.73. The summed E-state index contributed by atoms with van der Waals surface area (Å²) in [7, 11) is 0. The number of carbonyl (C=O) groups excluding carboxylic acids is 1. The summed E-state index contributed by atoms with van der Waals surface area (Å²) in [6.07, 6.45) is 10.2. The third kappa shape index (κ3) is 2.32. The number of carbonyl (C=O) groups is 1. The molecule has 1 N–H and O–H groups in total. The predicted octanol–water partition coefficient (Wildman–Crippen LogP) is 4.62. The van der Waals surface area contributed by atoms with E-state index in [1.54, 1.807) is 5.57 Å². The molecule has 134 valence electrons. The lowest BCUT2D eigenvalue weighted by Crippen LogP contribution is -2.53. The van der Waals surface area contributed by atoms with Gasteiger partial charge >= 0.3 is 0 Å². The monoisotopic (exact) mass is 341 g/mol. The van der Waals surface area contributed by atoms with Crippen LogP contribution in [0.25, 0.3) is 10.4 Å². The minimum Gasteiger partial charge on any atom is -0.389 e. The van der Waals surface area contributed by atoms with Gasteiger partial charge in [-0.1, -0.05) is 17.6 Å². The van der Waals surface area contributed by atoms with Crippen molar-refractivity contribution < 1.29 is 9.90 Å². The second-order valence-corrected chi connectivity index (χ2v) is 8.36. The molecular weight excluding hydrogens is 314 g/mol. The highest BCUT2D eigenvalue weighted by Gasteiger charge is 2.61. The molecule has 4 atom stereocenters. The molecule has 0 heterocycles. The highest BCUT2D eigenvalue weighted by Crippen LogP contribution is 2.65. The van der Waals surface area contributed by atoms with Crippen LogP contribution in [0.3, 0.4) is 0 Å². The maximum atomic E-state index is 11.8. The van der Waals surface area contributed by atoms with Crippen molar-refractivity contribution >= 4 is 5.78 Å². The molecule has 0 saturated heterocycles. The van der Waals surface area contributed by atoms with Crippen molar-refractivity contribution in [2.75, 3.05) is 6.54 Å². The van der Waals surface area contributed by atoms with Gasteiger partial charge in [-0.25, -0.2) is 0 Å². The summed E-state index contributed by atoms with van der Waals surface area (Å²) in [4.78, 5) is 14.7. The molecule has 25 heavy (non-hydrogen) atoms. The van der Waals surface area contributed by atoms with Crippen LogP contribution in [0.1, 0.15) is 64.7 Å². The molecule has 0 aromatic carbocycles. The second-order valence-electron chi connectivity index (χ2n) is 8.36. The highest BCUT2D eigenvalue weighted by molar-refractivity contribution is 5.93. The van der Waals surface area contributed by atoms with Gasteiger partial charge in [0.25, 0.3) is 0 Å². The molecule has 0 radical (unpaired) electrons. The van der Waals surface area contributed by atoms with E-state index in [9.17, 15) is 9.90 Å². The first kappa shape index (κ1) is 16.9. The van der Waals surface area contributed by atoms with Crippen molar-refractivity contribution in [1.82, 2.24) is 0 Å². The van der Waals surface area contributed by atoms with Gasteiger partial charge in [0.1, 0.15) is 0 Å². The first-order valence-electron chi connectivity index (χ1n) is 9.73. The molecule has 0 aromatic heterocycles.